The third-order valence-electron chi connectivity index (χ3n) is 4.00. The first kappa shape index (κ1) is 17.6. The Morgan fingerprint density at radius 3 is 2.43 bits per heavy atom. The van der Waals surface area contributed by atoms with Gasteiger partial charge < -0.3 is 9.64 Å². The van der Waals surface area contributed by atoms with Crippen LogP contribution in [0.4, 0.5) is 5.69 Å². The number of aromatic nitrogens is 1. The van der Waals surface area contributed by atoms with Gasteiger partial charge in [-0.1, -0.05) is 30.3 Å². The SMILES string of the molecule is CC(C)Oc1cc(N2CCCC2)cc[n+]1Cc1ccccc1.Cl. The Hall–Kier alpha value is -1.74. The Morgan fingerprint density at radius 1 is 1.09 bits per heavy atom. The van der Waals surface area contributed by atoms with Crippen molar-refractivity contribution in [2.24, 2.45) is 0 Å². The summed E-state index contributed by atoms with van der Waals surface area (Å²) in [7, 11) is 0. The van der Waals surface area contributed by atoms with Crippen LogP contribution in [0.25, 0.3) is 0 Å². The molecule has 0 aliphatic carbocycles. The smallest absolute Gasteiger partial charge is 0.370 e. The summed E-state index contributed by atoms with van der Waals surface area (Å²) in [5.41, 5.74) is 2.56. The normalized spacial score (nSPS) is 14.0. The van der Waals surface area contributed by atoms with Gasteiger partial charge in [0.25, 0.3) is 0 Å². The van der Waals surface area contributed by atoms with E-state index in [4.69, 9.17) is 4.74 Å². The van der Waals surface area contributed by atoms with Gasteiger partial charge in [0.15, 0.2) is 12.7 Å². The Labute approximate surface area is 145 Å². The summed E-state index contributed by atoms with van der Waals surface area (Å²) in [6, 6.07) is 14.9. The average Bonchev–Trinajstić information content (AvgIpc) is 3.04. The summed E-state index contributed by atoms with van der Waals surface area (Å²) in [6.07, 6.45) is 4.91. The summed E-state index contributed by atoms with van der Waals surface area (Å²) < 4.78 is 8.24. The number of hydrogen-bond donors (Lipinski definition) is 0. The van der Waals surface area contributed by atoms with Crippen molar-refractivity contribution in [3.63, 3.8) is 0 Å². The molecule has 1 saturated heterocycles. The van der Waals surface area contributed by atoms with E-state index in [-0.39, 0.29) is 18.5 Å². The standard InChI is InChI=1S/C19H25N2O.ClH/c1-16(2)22-19-14-18(20-11-6-7-12-20)10-13-21(19)15-17-8-4-3-5-9-17;/h3-5,8-10,13-14,16H,6-7,11-12,15H2,1-2H3;1H/q+1;. The van der Waals surface area contributed by atoms with E-state index in [1.165, 1.54) is 24.1 Å². The monoisotopic (exact) mass is 333 g/mol. The van der Waals surface area contributed by atoms with E-state index < -0.39 is 0 Å². The van der Waals surface area contributed by atoms with Crippen LogP contribution in [0.15, 0.2) is 48.7 Å². The molecule has 124 valence electrons. The van der Waals surface area contributed by atoms with E-state index in [0.29, 0.717) is 0 Å². The van der Waals surface area contributed by atoms with Crippen LogP contribution in [-0.2, 0) is 6.54 Å². The third-order valence-corrected chi connectivity index (χ3v) is 4.00. The summed E-state index contributed by atoms with van der Waals surface area (Å²) in [5.74, 6) is 0.947. The van der Waals surface area contributed by atoms with Crippen molar-refractivity contribution in [2.75, 3.05) is 18.0 Å². The van der Waals surface area contributed by atoms with E-state index in [0.717, 1.165) is 25.5 Å². The molecule has 0 saturated carbocycles. The van der Waals surface area contributed by atoms with Crippen molar-refractivity contribution in [1.82, 2.24) is 0 Å². The van der Waals surface area contributed by atoms with Gasteiger partial charge in [0, 0.05) is 24.7 Å². The lowest BCUT2D eigenvalue weighted by atomic mass is 10.2. The van der Waals surface area contributed by atoms with Crippen LogP contribution in [0.1, 0.15) is 32.3 Å². The van der Waals surface area contributed by atoms with Crippen molar-refractivity contribution in [1.29, 1.82) is 0 Å². The molecule has 0 unspecified atom stereocenters. The van der Waals surface area contributed by atoms with E-state index in [2.05, 4.69) is 72.0 Å². The molecule has 1 aromatic carbocycles. The largest absolute Gasteiger partial charge is 0.442 e. The summed E-state index contributed by atoms with van der Waals surface area (Å²) in [6.45, 7) is 7.31. The second-order valence-corrected chi connectivity index (χ2v) is 6.20. The maximum atomic E-state index is 6.05. The molecule has 3 nitrogen and oxygen atoms in total. The number of hydrogen-bond acceptors (Lipinski definition) is 2. The third kappa shape index (κ3) is 4.61. The van der Waals surface area contributed by atoms with Gasteiger partial charge >= 0.3 is 5.88 Å². The van der Waals surface area contributed by atoms with Crippen LogP contribution in [0.2, 0.25) is 0 Å². The van der Waals surface area contributed by atoms with Crippen LogP contribution < -0.4 is 14.2 Å². The highest BCUT2D eigenvalue weighted by molar-refractivity contribution is 5.85. The van der Waals surface area contributed by atoms with Crippen LogP contribution >= 0.6 is 12.4 Å². The minimum atomic E-state index is 0. The van der Waals surface area contributed by atoms with E-state index in [1.54, 1.807) is 0 Å². The van der Waals surface area contributed by atoms with Gasteiger partial charge in [0.1, 0.15) is 0 Å². The van der Waals surface area contributed by atoms with Gasteiger partial charge in [-0.05, 0) is 26.7 Å². The van der Waals surface area contributed by atoms with Gasteiger partial charge in [-0.3, -0.25) is 0 Å². The predicted octanol–water partition coefficient (Wildman–Crippen LogP) is 3.83. The quantitative estimate of drug-likeness (QED) is 0.773. The molecular formula is C19H26ClN2O+. The van der Waals surface area contributed by atoms with Gasteiger partial charge in [0.05, 0.1) is 17.9 Å². The van der Waals surface area contributed by atoms with E-state index >= 15 is 0 Å². The zero-order valence-corrected chi connectivity index (χ0v) is 14.8. The Balaban J connectivity index is 0.00000192. The Bertz CT molecular complexity index is 610. The molecular weight excluding hydrogens is 308 g/mol. The molecule has 4 heteroatoms. The number of pyridine rings is 1. The first-order chi connectivity index (χ1) is 10.7. The maximum absolute atomic E-state index is 6.05. The molecule has 2 heterocycles. The second-order valence-electron chi connectivity index (χ2n) is 6.20. The molecule has 1 aliphatic heterocycles. The topological polar surface area (TPSA) is 16.4 Å². The summed E-state index contributed by atoms with van der Waals surface area (Å²) in [4.78, 5) is 2.44. The molecule has 3 rings (SSSR count). The number of anilines is 1. The molecule has 0 bridgehead atoms. The highest BCUT2D eigenvalue weighted by atomic mass is 35.5. The van der Waals surface area contributed by atoms with Crippen molar-refractivity contribution >= 4 is 18.1 Å². The predicted molar refractivity (Wildman–Crippen MR) is 96.6 cm³/mol. The lowest BCUT2D eigenvalue weighted by Gasteiger charge is -2.18. The zero-order chi connectivity index (χ0) is 15.4. The average molecular weight is 334 g/mol. The molecule has 0 radical (unpaired) electrons. The fourth-order valence-corrected chi connectivity index (χ4v) is 2.92. The number of halogens is 1. The van der Waals surface area contributed by atoms with Crippen molar-refractivity contribution < 1.29 is 9.30 Å². The van der Waals surface area contributed by atoms with Gasteiger partial charge in [0.2, 0.25) is 0 Å². The summed E-state index contributed by atoms with van der Waals surface area (Å²) >= 11 is 0. The van der Waals surface area contributed by atoms with E-state index in [1.807, 2.05) is 0 Å². The van der Waals surface area contributed by atoms with Crippen molar-refractivity contribution in [2.45, 2.75) is 39.3 Å². The lowest BCUT2D eigenvalue weighted by Crippen LogP contribution is -2.37. The fraction of sp³-hybridized carbons (Fsp3) is 0.421. The van der Waals surface area contributed by atoms with Crippen molar-refractivity contribution in [3.05, 3.63) is 54.2 Å². The Kier molecular flexibility index (Phi) is 6.28. The minimum absolute atomic E-state index is 0. The lowest BCUT2D eigenvalue weighted by molar-refractivity contribution is -0.694. The van der Waals surface area contributed by atoms with Gasteiger partial charge in [-0.15, -0.1) is 12.4 Å². The fourth-order valence-electron chi connectivity index (χ4n) is 2.92. The van der Waals surface area contributed by atoms with E-state index in [9.17, 15) is 0 Å². The molecule has 1 aliphatic rings. The highest BCUT2D eigenvalue weighted by Gasteiger charge is 2.19. The molecule has 0 N–H and O–H groups in total. The first-order valence-electron chi connectivity index (χ1n) is 8.21. The minimum Gasteiger partial charge on any atom is -0.442 e. The number of ether oxygens (including phenoxy) is 1. The summed E-state index contributed by atoms with van der Waals surface area (Å²) in [5, 5.41) is 0. The molecule has 0 atom stereocenters. The zero-order valence-electron chi connectivity index (χ0n) is 13.9. The molecule has 23 heavy (non-hydrogen) atoms. The second kappa shape index (κ2) is 8.21. The van der Waals surface area contributed by atoms with Crippen LogP contribution in [-0.4, -0.2) is 19.2 Å². The van der Waals surface area contributed by atoms with Crippen molar-refractivity contribution in [3.8, 4) is 5.88 Å². The molecule has 1 fully saturated rings. The van der Waals surface area contributed by atoms with Gasteiger partial charge in [-0.2, -0.15) is 4.57 Å². The van der Waals surface area contributed by atoms with Gasteiger partial charge in [-0.25, -0.2) is 0 Å². The number of rotatable bonds is 5. The first-order valence-corrected chi connectivity index (χ1v) is 8.21. The molecule has 0 amide bonds. The van der Waals surface area contributed by atoms with Crippen LogP contribution in [0, 0.1) is 0 Å². The molecule has 2 aromatic rings. The highest BCUT2D eigenvalue weighted by Crippen LogP contribution is 2.23. The molecule has 1 aromatic heterocycles. The molecule has 0 spiro atoms. The van der Waals surface area contributed by atoms with Crippen LogP contribution in [0.5, 0.6) is 5.88 Å². The number of nitrogens with zero attached hydrogens (tertiary/aromatic N) is 2. The number of benzene rings is 1. The van der Waals surface area contributed by atoms with Crippen LogP contribution in [0.3, 0.4) is 0 Å². The maximum Gasteiger partial charge on any atom is 0.370 e. The Morgan fingerprint density at radius 2 is 1.78 bits per heavy atom.